The summed E-state index contributed by atoms with van der Waals surface area (Å²) in [5.74, 6) is -0.203. The van der Waals surface area contributed by atoms with E-state index in [4.69, 9.17) is 9.47 Å². The van der Waals surface area contributed by atoms with E-state index in [0.29, 0.717) is 11.3 Å². The highest BCUT2D eigenvalue weighted by Crippen LogP contribution is 2.18. The Labute approximate surface area is 135 Å². The maximum absolute atomic E-state index is 12.0. The number of carbonyl (C=O) groups excluding carboxylic acids is 2. The number of methoxy groups -OCH3 is 1. The van der Waals surface area contributed by atoms with Crippen molar-refractivity contribution in [3.63, 3.8) is 0 Å². The summed E-state index contributed by atoms with van der Waals surface area (Å²) in [6, 6.07) is 14.5. The van der Waals surface area contributed by atoms with Crippen LogP contribution in [0.1, 0.15) is 21.5 Å². The number of amides is 1. The third kappa shape index (κ3) is 4.85. The fraction of sp³-hybridized carbons (Fsp3) is 0.222. The number of hydrogen-bond acceptors (Lipinski definition) is 4. The van der Waals surface area contributed by atoms with Crippen molar-refractivity contribution < 1.29 is 19.1 Å². The van der Waals surface area contributed by atoms with Crippen molar-refractivity contribution in [3.05, 3.63) is 65.2 Å². The molecule has 0 aromatic heterocycles. The van der Waals surface area contributed by atoms with Crippen molar-refractivity contribution in [1.29, 1.82) is 0 Å². The Kier molecular flexibility index (Phi) is 5.74. The van der Waals surface area contributed by atoms with Gasteiger partial charge in [-0.25, -0.2) is 0 Å². The molecule has 1 N–H and O–H groups in total. The van der Waals surface area contributed by atoms with E-state index in [-0.39, 0.29) is 19.1 Å². The summed E-state index contributed by atoms with van der Waals surface area (Å²) in [6.45, 7) is 1.90. The Morgan fingerprint density at radius 2 is 1.83 bits per heavy atom. The van der Waals surface area contributed by atoms with Gasteiger partial charge in [-0.15, -0.1) is 0 Å². The lowest BCUT2D eigenvalue weighted by atomic mass is 10.1. The fourth-order valence-electron chi connectivity index (χ4n) is 2.00. The number of rotatable bonds is 6. The molecule has 0 aliphatic heterocycles. The summed E-state index contributed by atoms with van der Waals surface area (Å²) in [6.07, 6.45) is 0. The Hall–Kier alpha value is -2.82. The Morgan fingerprint density at radius 1 is 1.09 bits per heavy atom. The molecule has 23 heavy (non-hydrogen) atoms. The van der Waals surface area contributed by atoms with Gasteiger partial charge in [0.05, 0.1) is 7.11 Å². The fourth-order valence-corrected chi connectivity index (χ4v) is 2.00. The van der Waals surface area contributed by atoms with E-state index >= 15 is 0 Å². The molecule has 0 saturated carbocycles. The Balaban J connectivity index is 1.83. The SMILES string of the molecule is COc1cc(C(=O)NCC(=O)OCc2ccccc2)ccc1C. The lowest BCUT2D eigenvalue weighted by Crippen LogP contribution is -2.30. The van der Waals surface area contributed by atoms with Crippen molar-refractivity contribution in [3.8, 4) is 5.75 Å². The molecular weight excluding hydrogens is 294 g/mol. The second-order valence-corrected chi connectivity index (χ2v) is 5.01. The van der Waals surface area contributed by atoms with Crippen LogP contribution in [0.3, 0.4) is 0 Å². The normalized spacial score (nSPS) is 10.0. The predicted octanol–water partition coefficient (Wildman–Crippen LogP) is 2.48. The lowest BCUT2D eigenvalue weighted by molar-refractivity contribution is -0.143. The van der Waals surface area contributed by atoms with E-state index < -0.39 is 5.97 Å². The van der Waals surface area contributed by atoms with Gasteiger partial charge >= 0.3 is 5.97 Å². The second-order valence-electron chi connectivity index (χ2n) is 5.01. The van der Waals surface area contributed by atoms with Crippen molar-refractivity contribution in [1.82, 2.24) is 5.32 Å². The van der Waals surface area contributed by atoms with Gasteiger partial charge in [-0.1, -0.05) is 36.4 Å². The van der Waals surface area contributed by atoms with Crippen molar-refractivity contribution in [2.24, 2.45) is 0 Å². The summed E-state index contributed by atoms with van der Waals surface area (Å²) in [4.78, 5) is 23.7. The van der Waals surface area contributed by atoms with Gasteiger partial charge in [-0.05, 0) is 30.2 Å². The number of carbonyl (C=O) groups is 2. The first-order valence-electron chi connectivity index (χ1n) is 7.22. The molecule has 2 aromatic carbocycles. The molecule has 0 unspecified atom stereocenters. The average Bonchev–Trinajstić information content (AvgIpc) is 2.59. The highest BCUT2D eigenvalue weighted by Gasteiger charge is 2.11. The van der Waals surface area contributed by atoms with E-state index in [1.807, 2.05) is 37.3 Å². The molecule has 5 heteroatoms. The van der Waals surface area contributed by atoms with Crippen LogP contribution in [0.2, 0.25) is 0 Å². The maximum Gasteiger partial charge on any atom is 0.325 e. The second kappa shape index (κ2) is 7.98. The first-order chi connectivity index (χ1) is 11.1. The number of esters is 1. The van der Waals surface area contributed by atoms with Crippen molar-refractivity contribution in [2.75, 3.05) is 13.7 Å². The number of benzene rings is 2. The summed E-state index contributed by atoms with van der Waals surface area (Å²) >= 11 is 0. The van der Waals surface area contributed by atoms with Crippen LogP contribution in [-0.2, 0) is 16.1 Å². The van der Waals surface area contributed by atoms with Crippen molar-refractivity contribution in [2.45, 2.75) is 13.5 Å². The zero-order valence-electron chi connectivity index (χ0n) is 13.2. The van der Waals surface area contributed by atoms with E-state index in [1.54, 1.807) is 25.3 Å². The van der Waals surface area contributed by atoms with Crippen LogP contribution in [0, 0.1) is 6.92 Å². The first kappa shape index (κ1) is 16.5. The minimum Gasteiger partial charge on any atom is -0.496 e. The van der Waals surface area contributed by atoms with Crippen LogP contribution in [0.5, 0.6) is 5.75 Å². The summed E-state index contributed by atoms with van der Waals surface area (Å²) in [5.41, 5.74) is 2.27. The summed E-state index contributed by atoms with van der Waals surface area (Å²) < 4.78 is 10.3. The minimum absolute atomic E-state index is 0.179. The predicted molar refractivity (Wildman–Crippen MR) is 86.3 cm³/mol. The standard InChI is InChI=1S/C18H19NO4/c1-13-8-9-15(10-16(13)22-2)18(21)19-11-17(20)23-12-14-6-4-3-5-7-14/h3-10H,11-12H2,1-2H3,(H,19,21). The zero-order valence-corrected chi connectivity index (χ0v) is 13.2. The molecule has 0 atom stereocenters. The molecule has 2 rings (SSSR count). The van der Waals surface area contributed by atoms with Gasteiger partial charge in [0.15, 0.2) is 0 Å². The smallest absolute Gasteiger partial charge is 0.325 e. The average molecular weight is 313 g/mol. The minimum atomic E-state index is -0.485. The van der Waals surface area contributed by atoms with Gasteiger partial charge in [0, 0.05) is 5.56 Å². The molecule has 2 aromatic rings. The quantitative estimate of drug-likeness (QED) is 0.832. The third-order valence-corrected chi connectivity index (χ3v) is 3.31. The Morgan fingerprint density at radius 3 is 2.52 bits per heavy atom. The van der Waals surface area contributed by atoms with Crippen molar-refractivity contribution >= 4 is 11.9 Å². The molecule has 0 bridgehead atoms. The highest BCUT2D eigenvalue weighted by atomic mass is 16.5. The van der Waals surface area contributed by atoms with Crippen LogP contribution in [0.15, 0.2) is 48.5 Å². The summed E-state index contributed by atoms with van der Waals surface area (Å²) in [5, 5.41) is 2.54. The summed E-state index contributed by atoms with van der Waals surface area (Å²) in [7, 11) is 1.55. The van der Waals surface area contributed by atoms with Crippen LogP contribution in [-0.4, -0.2) is 25.5 Å². The van der Waals surface area contributed by atoms with Crippen LogP contribution in [0.25, 0.3) is 0 Å². The number of aryl methyl sites for hydroxylation is 1. The molecule has 5 nitrogen and oxygen atoms in total. The molecule has 0 fully saturated rings. The van der Waals surface area contributed by atoms with Gasteiger partial charge in [0.25, 0.3) is 5.91 Å². The molecule has 120 valence electrons. The van der Waals surface area contributed by atoms with Gasteiger partial charge in [0.1, 0.15) is 18.9 Å². The monoisotopic (exact) mass is 313 g/mol. The molecule has 0 aliphatic rings. The molecule has 0 aliphatic carbocycles. The maximum atomic E-state index is 12.0. The third-order valence-electron chi connectivity index (χ3n) is 3.31. The van der Waals surface area contributed by atoms with Gasteiger partial charge in [-0.3, -0.25) is 9.59 Å². The zero-order chi connectivity index (χ0) is 16.7. The van der Waals surface area contributed by atoms with E-state index in [2.05, 4.69) is 5.32 Å². The van der Waals surface area contributed by atoms with Crippen LogP contribution >= 0.6 is 0 Å². The number of nitrogens with one attached hydrogen (secondary N) is 1. The van der Waals surface area contributed by atoms with E-state index in [9.17, 15) is 9.59 Å². The number of ether oxygens (including phenoxy) is 2. The molecule has 0 spiro atoms. The molecule has 0 heterocycles. The topological polar surface area (TPSA) is 64.6 Å². The highest BCUT2D eigenvalue weighted by molar-refractivity contribution is 5.96. The molecule has 0 saturated heterocycles. The largest absolute Gasteiger partial charge is 0.496 e. The van der Waals surface area contributed by atoms with Gasteiger partial charge in [0.2, 0.25) is 0 Å². The molecular formula is C18H19NO4. The van der Waals surface area contributed by atoms with E-state index in [1.165, 1.54) is 0 Å². The first-order valence-corrected chi connectivity index (χ1v) is 7.22. The molecule has 0 radical (unpaired) electrons. The lowest BCUT2D eigenvalue weighted by Gasteiger charge is -2.09. The van der Waals surface area contributed by atoms with Crippen LogP contribution < -0.4 is 10.1 Å². The van der Waals surface area contributed by atoms with Gasteiger partial charge in [-0.2, -0.15) is 0 Å². The van der Waals surface area contributed by atoms with Crippen LogP contribution in [0.4, 0.5) is 0 Å². The van der Waals surface area contributed by atoms with E-state index in [0.717, 1.165) is 11.1 Å². The van der Waals surface area contributed by atoms with Gasteiger partial charge < -0.3 is 14.8 Å². The molecule has 1 amide bonds. The number of hydrogen-bond donors (Lipinski definition) is 1. The Bertz CT molecular complexity index is 683.